The number of nitrogens with one attached hydrogen (secondary N) is 1. The van der Waals surface area contributed by atoms with Crippen molar-refractivity contribution in [2.45, 2.75) is 33.1 Å². The smallest absolute Gasteiger partial charge is 0.228 e. The first-order valence-electron chi connectivity index (χ1n) is 9.32. The van der Waals surface area contributed by atoms with E-state index in [1.54, 1.807) is 6.26 Å². The number of benzene rings is 2. The second kappa shape index (κ2) is 7.06. The van der Waals surface area contributed by atoms with Crippen molar-refractivity contribution in [3.63, 3.8) is 0 Å². The van der Waals surface area contributed by atoms with Gasteiger partial charge in [0.25, 0.3) is 0 Å². The van der Waals surface area contributed by atoms with Gasteiger partial charge in [0.1, 0.15) is 11.4 Å². The van der Waals surface area contributed by atoms with E-state index in [1.165, 1.54) is 12.1 Å². The molecule has 1 aromatic heterocycles. The molecule has 5 heteroatoms. The lowest BCUT2D eigenvalue weighted by Crippen LogP contribution is -2.19. The van der Waals surface area contributed by atoms with Crippen LogP contribution in [0.3, 0.4) is 0 Å². The number of hydrogen-bond donors (Lipinski definition) is 1. The molecule has 0 saturated carbocycles. The lowest BCUT2D eigenvalue weighted by Gasteiger charge is -2.18. The molecule has 1 aliphatic rings. The Balaban J connectivity index is 1.52. The molecule has 3 aromatic rings. The summed E-state index contributed by atoms with van der Waals surface area (Å²) in [6.45, 7) is 5.93. The number of rotatable bonds is 4. The summed E-state index contributed by atoms with van der Waals surface area (Å²) in [7, 11) is 0. The Labute approximate surface area is 158 Å². The van der Waals surface area contributed by atoms with Crippen LogP contribution in [0.1, 0.15) is 29.5 Å². The second-order valence-corrected chi connectivity index (χ2v) is 7.31. The number of amides is 1. The van der Waals surface area contributed by atoms with Crippen LogP contribution >= 0.6 is 0 Å². The molecule has 0 spiro atoms. The molecule has 0 bridgehead atoms. The molecule has 1 fully saturated rings. The Morgan fingerprint density at radius 3 is 2.63 bits per heavy atom. The Hall–Kier alpha value is -2.82. The van der Waals surface area contributed by atoms with Gasteiger partial charge >= 0.3 is 0 Å². The van der Waals surface area contributed by atoms with Crippen LogP contribution in [0.4, 0.5) is 15.8 Å². The van der Waals surface area contributed by atoms with E-state index in [4.69, 9.17) is 4.42 Å². The lowest BCUT2D eigenvalue weighted by atomic mass is 10.0. The number of fused-ring (bicyclic) bond motifs is 1. The number of halogens is 1. The van der Waals surface area contributed by atoms with Crippen LogP contribution in [0.2, 0.25) is 0 Å². The molecule has 140 valence electrons. The molecule has 1 N–H and O–H groups in total. The lowest BCUT2D eigenvalue weighted by molar-refractivity contribution is -0.115. The minimum atomic E-state index is -0.338. The third-order valence-electron chi connectivity index (χ3n) is 5.26. The zero-order valence-electron chi connectivity index (χ0n) is 15.6. The fraction of sp³-hybridized carbons (Fsp3) is 0.318. The van der Waals surface area contributed by atoms with Gasteiger partial charge in [0.2, 0.25) is 5.91 Å². The average molecular weight is 366 g/mol. The molecule has 2 aromatic carbocycles. The SMILES string of the molecule is Cc1cc2occ(CC(=O)Nc3cc(F)cc(N4CCCC4)c3)c2cc1C. The minimum absolute atomic E-state index is 0.186. The van der Waals surface area contributed by atoms with Crippen LogP contribution in [0.25, 0.3) is 11.0 Å². The monoisotopic (exact) mass is 366 g/mol. The van der Waals surface area contributed by atoms with Crippen molar-refractivity contribution in [2.75, 3.05) is 23.3 Å². The van der Waals surface area contributed by atoms with E-state index >= 15 is 0 Å². The molecular formula is C22H23FN2O2. The topological polar surface area (TPSA) is 45.5 Å². The van der Waals surface area contributed by atoms with Gasteiger partial charge in [-0.3, -0.25) is 4.79 Å². The number of carbonyl (C=O) groups is 1. The maximum absolute atomic E-state index is 14.0. The van der Waals surface area contributed by atoms with E-state index < -0.39 is 0 Å². The van der Waals surface area contributed by atoms with Gasteiger partial charge in [-0.1, -0.05) is 0 Å². The predicted octanol–water partition coefficient (Wildman–Crippen LogP) is 4.97. The molecule has 0 unspecified atom stereocenters. The van der Waals surface area contributed by atoms with E-state index in [9.17, 15) is 9.18 Å². The summed E-state index contributed by atoms with van der Waals surface area (Å²) >= 11 is 0. The van der Waals surface area contributed by atoms with Gasteiger partial charge in [-0.2, -0.15) is 0 Å². The Kier molecular flexibility index (Phi) is 4.60. The Morgan fingerprint density at radius 1 is 1.11 bits per heavy atom. The normalized spacial score (nSPS) is 14.1. The van der Waals surface area contributed by atoms with E-state index in [-0.39, 0.29) is 18.1 Å². The molecule has 27 heavy (non-hydrogen) atoms. The summed E-state index contributed by atoms with van der Waals surface area (Å²) < 4.78 is 19.6. The molecule has 0 atom stereocenters. The first-order valence-corrected chi connectivity index (χ1v) is 9.32. The minimum Gasteiger partial charge on any atom is -0.464 e. The summed E-state index contributed by atoms with van der Waals surface area (Å²) in [6, 6.07) is 8.76. The molecule has 1 aliphatic heterocycles. The number of nitrogens with zero attached hydrogens (tertiary/aromatic N) is 1. The third-order valence-corrected chi connectivity index (χ3v) is 5.26. The first kappa shape index (κ1) is 17.6. The summed E-state index contributed by atoms with van der Waals surface area (Å²) in [5.41, 5.74) is 5.24. The number of hydrogen-bond acceptors (Lipinski definition) is 3. The summed E-state index contributed by atoms with van der Waals surface area (Å²) in [5, 5.41) is 3.78. The van der Waals surface area contributed by atoms with Crippen LogP contribution < -0.4 is 10.2 Å². The number of aryl methyl sites for hydroxylation is 2. The van der Waals surface area contributed by atoms with Crippen LogP contribution in [-0.2, 0) is 11.2 Å². The molecule has 4 rings (SSSR count). The molecule has 4 nitrogen and oxygen atoms in total. The fourth-order valence-electron chi connectivity index (χ4n) is 3.66. The Bertz CT molecular complexity index is 1000. The van der Waals surface area contributed by atoms with Gasteiger partial charge in [-0.15, -0.1) is 0 Å². The molecular weight excluding hydrogens is 343 g/mol. The average Bonchev–Trinajstić information content (AvgIpc) is 3.26. The number of carbonyl (C=O) groups excluding carboxylic acids is 1. The van der Waals surface area contributed by atoms with E-state index in [1.807, 2.05) is 32.0 Å². The molecule has 1 saturated heterocycles. The van der Waals surface area contributed by atoms with E-state index in [0.717, 1.165) is 59.3 Å². The highest BCUT2D eigenvalue weighted by Crippen LogP contribution is 2.27. The number of furan rings is 1. The standard InChI is InChI=1S/C22H23FN2O2/c1-14-7-20-16(13-27-21(20)8-15(14)2)9-22(26)24-18-10-17(23)11-19(12-18)25-5-3-4-6-25/h7-8,10-13H,3-6,9H2,1-2H3,(H,24,26). The summed E-state index contributed by atoms with van der Waals surface area (Å²) in [4.78, 5) is 14.7. The summed E-state index contributed by atoms with van der Waals surface area (Å²) in [5.74, 6) is -0.525. The van der Waals surface area contributed by atoms with Crippen molar-refractivity contribution in [1.29, 1.82) is 0 Å². The van der Waals surface area contributed by atoms with Gasteiger partial charge < -0.3 is 14.6 Å². The van der Waals surface area contributed by atoms with Crippen LogP contribution in [0, 0.1) is 19.7 Å². The van der Waals surface area contributed by atoms with Crippen molar-refractivity contribution < 1.29 is 13.6 Å². The van der Waals surface area contributed by atoms with Crippen LogP contribution in [0.15, 0.2) is 41.0 Å². The molecule has 1 amide bonds. The highest BCUT2D eigenvalue weighted by molar-refractivity contribution is 5.96. The highest BCUT2D eigenvalue weighted by atomic mass is 19.1. The van der Waals surface area contributed by atoms with Crippen LogP contribution in [-0.4, -0.2) is 19.0 Å². The van der Waals surface area contributed by atoms with Crippen molar-refractivity contribution in [2.24, 2.45) is 0 Å². The summed E-state index contributed by atoms with van der Waals surface area (Å²) in [6.07, 6.45) is 4.05. The van der Waals surface area contributed by atoms with Gasteiger partial charge in [-0.25, -0.2) is 4.39 Å². The second-order valence-electron chi connectivity index (χ2n) is 7.31. The predicted molar refractivity (Wildman–Crippen MR) is 106 cm³/mol. The number of anilines is 2. The highest BCUT2D eigenvalue weighted by Gasteiger charge is 2.16. The molecule has 0 aliphatic carbocycles. The zero-order chi connectivity index (χ0) is 19.0. The maximum atomic E-state index is 14.0. The third kappa shape index (κ3) is 3.68. The van der Waals surface area contributed by atoms with Gasteiger partial charge in [0, 0.05) is 35.4 Å². The fourth-order valence-corrected chi connectivity index (χ4v) is 3.66. The van der Waals surface area contributed by atoms with Crippen molar-refractivity contribution in [1.82, 2.24) is 0 Å². The van der Waals surface area contributed by atoms with Crippen molar-refractivity contribution in [3.05, 3.63) is 59.1 Å². The van der Waals surface area contributed by atoms with Crippen molar-refractivity contribution >= 4 is 28.3 Å². The maximum Gasteiger partial charge on any atom is 0.228 e. The largest absolute Gasteiger partial charge is 0.464 e. The van der Waals surface area contributed by atoms with Gasteiger partial charge in [0.15, 0.2) is 0 Å². The van der Waals surface area contributed by atoms with Crippen LogP contribution in [0.5, 0.6) is 0 Å². The van der Waals surface area contributed by atoms with E-state index in [2.05, 4.69) is 10.2 Å². The van der Waals surface area contributed by atoms with Gasteiger partial charge in [0.05, 0.1) is 12.7 Å². The Morgan fingerprint density at radius 2 is 1.85 bits per heavy atom. The van der Waals surface area contributed by atoms with Crippen molar-refractivity contribution in [3.8, 4) is 0 Å². The quantitative estimate of drug-likeness (QED) is 0.709. The molecule has 0 radical (unpaired) electrons. The van der Waals surface area contributed by atoms with Gasteiger partial charge in [-0.05, 0) is 68.1 Å². The zero-order valence-corrected chi connectivity index (χ0v) is 15.6. The van der Waals surface area contributed by atoms with E-state index in [0.29, 0.717) is 5.69 Å². The first-order chi connectivity index (χ1) is 13.0. The molecule has 2 heterocycles.